The third-order valence-corrected chi connectivity index (χ3v) is 10.5. The molecular formula is C42H34BrN3O4. The van der Waals surface area contributed by atoms with E-state index in [-0.39, 0.29) is 17.4 Å². The molecule has 1 saturated heterocycles. The number of ether oxygens (including phenoxy) is 1. The van der Waals surface area contributed by atoms with Gasteiger partial charge in [-0.1, -0.05) is 97.1 Å². The Bertz CT molecular complexity index is 2060. The topological polar surface area (TPSA) is 79.0 Å². The number of urea groups is 1. The van der Waals surface area contributed by atoms with Gasteiger partial charge in [0, 0.05) is 30.6 Å². The highest BCUT2D eigenvalue weighted by Crippen LogP contribution is 2.50. The van der Waals surface area contributed by atoms with Crippen molar-refractivity contribution < 1.29 is 19.1 Å². The quantitative estimate of drug-likeness (QED) is 0.135. The molecule has 0 aromatic heterocycles. The highest BCUT2D eigenvalue weighted by molar-refractivity contribution is 9.10. The molecule has 0 bridgehead atoms. The minimum atomic E-state index is -0.758. The van der Waals surface area contributed by atoms with Crippen molar-refractivity contribution in [3.8, 4) is 5.75 Å². The average molecular weight is 725 g/mol. The molecule has 5 aromatic rings. The van der Waals surface area contributed by atoms with Crippen LogP contribution in [0.1, 0.15) is 58.1 Å². The third-order valence-electron chi connectivity index (χ3n) is 9.86. The molecular weight excluding hydrogens is 690 g/mol. The van der Waals surface area contributed by atoms with Crippen molar-refractivity contribution in [2.24, 2.45) is 0 Å². The number of benzene rings is 5. The molecule has 8 rings (SSSR count). The number of anilines is 2. The van der Waals surface area contributed by atoms with Gasteiger partial charge < -0.3 is 9.64 Å². The molecule has 248 valence electrons. The zero-order chi connectivity index (χ0) is 34.2. The predicted molar refractivity (Wildman–Crippen MR) is 198 cm³/mol. The minimum absolute atomic E-state index is 0.0928. The Morgan fingerprint density at radius 2 is 1.32 bits per heavy atom. The maximum absolute atomic E-state index is 14.2. The van der Waals surface area contributed by atoms with Crippen LogP contribution < -0.4 is 19.9 Å². The van der Waals surface area contributed by atoms with Gasteiger partial charge in [0.1, 0.15) is 17.9 Å². The summed E-state index contributed by atoms with van der Waals surface area (Å²) in [6, 6.07) is 39.2. The van der Waals surface area contributed by atoms with Gasteiger partial charge in [-0.05, 0) is 92.5 Å². The molecule has 0 aliphatic carbocycles. The van der Waals surface area contributed by atoms with E-state index < -0.39 is 17.8 Å². The van der Waals surface area contributed by atoms with Crippen LogP contribution in [0, 0.1) is 0 Å². The number of amides is 4. The van der Waals surface area contributed by atoms with Crippen molar-refractivity contribution in [1.82, 2.24) is 5.32 Å². The van der Waals surface area contributed by atoms with E-state index in [1.807, 2.05) is 54.6 Å². The highest BCUT2D eigenvalue weighted by Gasteiger charge is 2.40. The fourth-order valence-electron chi connectivity index (χ4n) is 7.49. The number of hydrogen-bond acceptors (Lipinski definition) is 5. The first kappa shape index (κ1) is 31.8. The standard InChI is InChI=1S/C42H34BrN3O4/c43-37-23-28(16-17-38(37)50-26-27-10-4-1-5-11-27)22-36-40(47)44-42(49)46(41(36)48)31-24-34-32(29-12-6-2-7-13-29)18-20-45-21-19-33(35(25-31)39(34)45)30-14-8-3-9-15-30/h1-17,22-25,32-33H,18-21,26H2,(H,44,47,49)/b36-22+/t32-,33-/m1/s1. The number of rotatable bonds is 7. The maximum Gasteiger partial charge on any atom is 0.335 e. The van der Waals surface area contributed by atoms with E-state index in [9.17, 15) is 14.4 Å². The molecule has 4 amide bonds. The molecule has 3 aliphatic rings. The van der Waals surface area contributed by atoms with E-state index in [1.54, 1.807) is 18.2 Å². The molecule has 8 heteroatoms. The summed E-state index contributed by atoms with van der Waals surface area (Å²) in [6.07, 6.45) is 3.35. The molecule has 1 fully saturated rings. The lowest BCUT2D eigenvalue weighted by Gasteiger charge is -2.44. The number of nitrogens with one attached hydrogen (secondary N) is 1. The second-order valence-corrected chi connectivity index (χ2v) is 13.7. The largest absolute Gasteiger partial charge is 0.488 e. The van der Waals surface area contributed by atoms with Crippen LogP contribution >= 0.6 is 15.9 Å². The molecule has 0 saturated carbocycles. The van der Waals surface area contributed by atoms with Gasteiger partial charge in [0.25, 0.3) is 11.8 Å². The Labute approximate surface area is 299 Å². The van der Waals surface area contributed by atoms with Gasteiger partial charge in [-0.15, -0.1) is 0 Å². The second-order valence-electron chi connectivity index (χ2n) is 12.9. The molecule has 1 N–H and O–H groups in total. The predicted octanol–water partition coefficient (Wildman–Crippen LogP) is 8.57. The Kier molecular flexibility index (Phi) is 8.54. The zero-order valence-electron chi connectivity index (χ0n) is 27.2. The lowest BCUT2D eigenvalue weighted by molar-refractivity contribution is -0.122. The van der Waals surface area contributed by atoms with Crippen molar-refractivity contribution >= 4 is 51.2 Å². The van der Waals surface area contributed by atoms with Crippen molar-refractivity contribution in [2.75, 3.05) is 22.9 Å². The first-order valence-corrected chi connectivity index (χ1v) is 17.6. The molecule has 2 atom stereocenters. The fraction of sp³-hybridized carbons (Fsp3) is 0.167. The van der Waals surface area contributed by atoms with E-state index in [4.69, 9.17) is 4.74 Å². The SMILES string of the molecule is O=C1NC(=O)N(c2cc3c4c(c2)[C@@H](c2ccccc2)CCN4CC[C@@H]3c2ccccc2)C(=O)/C1=C/c1ccc(OCc2ccccc2)c(Br)c1. The van der Waals surface area contributed by atoms with E-state index in [2.05, 4.69) is 74.7 Å². The Morgan fingerprint density at radius 1 is 0.740 bits per heavy atom. The third kappa shape index (κ3) is 6.00. The van der Waals surface area contributed by atoms with Gasteiger partial charge >= 0.3 is 6.03 Å². The number of carbonyl (C=O) groups is 3. The Hall–Kier alpha value is -5.47. The minimum Gasteiger partial charge on any atom is -0.488 e. The van der Waals surface area contributed by atoms with Crippen LogP contribution in [0.2, 0.25) is 0 Å². The van der Waals surface area contributed by atoms with Crippen LogP contribution in [0.4, 0.5) is 16.2 Å². The summed E-state index contributed by atoms with van der Waals surface area (Å²) in [5.41, 5.74) is 7.74. The second kappa shape index (κ2) is 13.4. The average Bonchev–Trinajstić information content (AvgIpc) is 3.14. The Balaban J connectivity index is 1.17. The van der Waals surface area contributed by atoms with Crippen LogP contribution in [-0.4, -0.2) is 30.9 Å². The van der Waals surface area contributed by atoms with Crippen molar-refractivity contribution in [3.05, 3.63) is 165 Å². The molecule has 0 unspecified atom stereocenters. The number of imide groups is 2. The summed E-state index contributed by atoms with van der Waals surface area (Å²) >= 11 is 3.58. The van der Waals surface area contributed by atoms with Crippen LogP contribution in [0.25, 0.3) is 6.08 Å². The summed E-state index contributed by atoms with van der Waals surface area (Å²) in [5, 5.41) is 2.43. The van der Waals surface area contributed by atoms with Crippen molar-refractivity contribution in [2.45, 2.75) is 31.3 Å². The van der Waals surface area contributed by atoms with Crippen LogP contribution in [-0.2, 0) is 16.2 Å². The van der Waals surface area contributed by atoms with Gasteiger partial charge in [0.05, 0.1) is 10.2 Å². The molecule has 0 spiro atoms. The monoisotopic (exact) mass is 723 g/mol. The lowest BCUT2D eigenvalue weighted by atomic mass is 9.76. The van der Waals surface area contributed by atoms with E-state index in [1.165, 1.54) is 22.9 Å². The summed E-state index contributed by atoms with van der Waals surface area (Å²) in [5.74, 6) is -0.579. The van der Waals surface area contributed by atoms with Gasteiger partial charge in [0.2, 0.25) is 0 Å². The molecule has 3 heterocycles. The summed E-state index contributed by atoms with van der Waals surface area (Å²) < 4.78 is 6.67. The lowest BCUT2D eigenvalue weighted by Crippen LogP contribution is -2.54. The fourth-order valence-corrected chi connectivity index (χ4v) is 8.00. The van der Waals surface area contributed by atoms with E-state index >= 15 is 0 Å². The smallest absolute Gasteiger partial charge is 0.335 e. The van der Waals surface area contributed by atoms with Crippen LogP contribution in [0.5, 0.6) is 5.75 Å². The first-order valence-electron chi connectivity index (χ1n) is 16.8. The summed E-state index contributed by atoms with van der Waals surface area (Å²) in [6.45, 7) is 2.25. The molecule has 50 heavy (non-hydrogen) atoms. The van der Waals surface area contributed by atoms with Crippen molar-refractivity contribution in [1.29, 1.82) is 0 Å². The van der Waals surface area contributed by atoms with Gasteiger partial charge in [-0.25, -0.2) is 9.69 Å². The molecule has 5 aromatic carbocycles. The highest BCUT2D eigenvalue weighted by atomic mass is 79.9. The zero-order valence-corrected chi connectivity index (χ0v) is 28.8. The molecule has 3 aliphatic heterocycles. The van der Waals surface area contributed by atoms with Gasteiger partial charge in [0.15, 0.2) is 0 Å². The van der Waals surface area contributed by atoms with Crippen LogP contribution in [0.3, 0.4) is 0 Å². The number of hydrogen-bond donors (Lipinski definition) is 1. The van der Waals surface area contributed by atoms with Gasteiger partial charge in [-0.2, -0.15) is 0 Å². The van der Waals surface area contributed by atoms with Crippen molar-refractivity contribution in [3.63, 3.8) is 0 Å². The normalized spacial score (nSPS) is 19.3. The number of nitrogens with zero attached hydrogens (tertiary/aromatic N) is 2. The number of halogens is 1. The molecule has 7 nitrogen and oxygen atoms in total. The molecule has 0 radical (unpaired) electrons. The number of barbiturate groups is 1. The summed E-state index contributed by atoms with van der Waals surface area (Å²) in [7, 11) is 0. The first-order chi connectivity index (χ1) is 24.4. The Morgan fingerprint density at radius 3 is 1.90 bits per heavy atom. The van der Waals surface area contributed by atoms with Crippen LogP contribution in [0.15, 0.2) is 131 Å². The van der Waals surface area contributed by atoms with E-state index in [0.717, 1.165) is 47.5 Å². The van der Waals surface area contributed by atoms with Gasteiger partial charge in [-0.3, -0.25) is 14.9 Å². The van der Waals surface area contributed by atoms with E-state index in [0.29, 0.717) is 28.1 Å². The maximum atomic E-state index is 14.2. The number of carbonyl (C=O) groups excluding carboxylic acids is 3. The summed E-state index contributed by atoms with van der Waals surface area (Å²) in [4.78, 5) is 44.6.